The fourth-order valence-electron chi connectivity index (χ4n) is 2.76. The molecule has 0 bridgehead atoms. The summed E-state index contributed by atoms with van der Waals surface area (Å²) in [6.45, 7) is 9.49. The van der Waals surface area contributed by atoms with E-state index in [1.807, 2.05) is 0 Å². The monoisotopic (exact) mass is 262 g/mol. The molecule has 3 nitrogen and oxygen atoms in total. The predicted molar refractivity (Wildman–Crippen MR) is 80.8 cm³/mol. The van der Waals surface area contributed by atoms with Crippen molar-refractivity contribution >= 4 is 5.69 Å². The van der Waals surface area contributed by atoms with E-state index >= 15 is 0 Å². The van der Waals surface area contributed by atoms with Crippen LogP contribution in [0, 0.1) is 5.92 Å². The molecule has 0 atom stereocenters. The Kier molecular flexibility index (Phi) is 5.23. The molecule has 0 aromatic heterocycles. The minimum Gasteiger partial charge on any atom is -0.383 e. The van der Waals surface area contributed by atoms with Gasteiger partial charge in [-0.25, -0.2) is 0 Å². The molecule has 1 aromatic carbocycles. The van der Waals surface area contributed by atoms with E-state index in [1.54, 1.807) is 7.11 Å². The SMILES string of the molecule is COCCN(CC(C)C)c1cccc2c1CCNC2. The van der Waals surface area contributed by atoms with Gasteiger partial charge < -0.3 is 15.0 Å². The second kappa shape index (κ2) is 6.92. The van der Waals surface area contributed by atoms with Gasteiger partial charge in [0.1, 0.15) is 0 Å². The molecule has 1 aliphatic rings. The predicted octanol–water partition coefficient (Wildman–Crippen LogP) is 2.44. The Balaban J connectivity index is 2.24. The zero-order valence-electron chi connectivity index (χ0n) is 12.4. The highest BCUT2D eigenvalue weighted by Crippen LogP contribution is 2.27. The number of methoxy groups -OCH3 is 1. The lowest BCUT2D eigenvalue weighted by atomic mass is 9.98. The lowest BCUT2D eigenvalue weighted by Gasteiger charge is -2.31. The molecule has 1 aliphatic heterocycles. The lowest BCUT2D eigenvalue weighted by Crippen LogP contribution is -2.33. The molecule has 1 heterocycles. The van der Waals surface area contributed by atoms with Gasteiger partial charge in [-0.1, -0.05) is 26.0 Å². The third kappa shape index (κ3) is 3.71. The summed E-state index contributed by atoms with van der Waals surface area (Å²) >= 11 is 0. The quantitative estimate of drug-likeness (QED) is 0.852. The van der Waals surface area contributed by atoms with Crippen molar-refractivity contribution in [2.45, 2.75) is 26.8 Å². The van der Waals surface area contributed by atoms with E-state index in [4.69, 9.17) is 4.74 Å². The van der Waals surface area contributed by atoms with E-state index in [0.717, 1.165) is 39.2 Å². The van der Waals surface area contributed by atoms with Crippen LogP contribution in [0.3, 0.4) is 0 Å². The maximum atomic E-state index is 5.27. The molecule has 0 aliphatic carbocycles. The van der Waals surface area contributed by atoms with Crippen LogP contribution in [0.25, 0.3) is 0 Å². The summed E-state index contributed by atoms with van der Waals surface area (Å²) in [5.74, 6) is 0.662. The Bertz CT molecular complexity index is 404. The molecule has 106 valence electrons. The van der Waals surface area contributed by atoms with E-state index in [-0.39, 0.29) is 0 Å². The molecule has 0 amide bonds. The van der Waals surface area contributed by atoms with Crippen molar-refractivity contribution in [1.29, 1.82) is 0 Å². The standard InChI is InChI=1S/C16H26N2O/c1-13(2)12-18(9-10-19-3)16-6-4-5-14-11-17-8-7-15(14)16/h4-6,13,17H,7-12H2,1-3H3. The number of ether oxygens (including phenoxy) is 1. The Hall–Kier alpha value is -1.06. The molecule has 0 radical (unpaired) electrons. The average Bonchev–Trinajstić information content (AvgIpc) is 2.42. The largest absolute Gasteiger partial charge is 0.383 e. The second-order valence-electron chi connectivity index (χ2n) is 5.67. The third-order valence-corrected chi connectivity index (χ3v) is 3.61. The van der Waals surface area contributed by atoms with Crippen LogP contribution in [-0.2, 0) is 17.7 Å². The second-order valence-corrected chi connectivity index (χ2v) is 5.67. The Morgan fingerprint density at radius 3 is 2.95 bits per heavy atom. The molecule has 2 rings (SSSR count). The Morgan fingerprint density at radius 1 is 1.37 bits per heavy atom. The number of hydrogen-bond acceptors (Lipinski definition) is 3. The summed E-state index contributed by atoms with van der Waals surface area (Å²) in [5, 5.41) is 3.45. The van der Waals surface area contributed by atoms with Crippen LogP contribution in [-0.4, -0.2) is 33.4 Å². The topological polar surface area (TPSA) is 24.5 Å². The first-order valence-electron chi connectivity index (χ1n) is 7.27. The van der Waals surface area contributed by atoms with Gasteiger partial charge in [-0.15, -0.1) is 0 Å². The zero-order valence-corrected chi connectivity index (χ0v) is 12.4. The number of fused-ring (bicyclic) bond motifs is 1. The van der Waals surface area contributed by atoms with Gasteiger partial charge in [-0.3, -0.25) is 0 Å². The highest BCUT2D eigenvalue weighted by Gasteiger charge is 2.17. The van der Waals surface area contributed by atoms with E-state index in [1.165, 1.54) is 16.8 Å². The van der Waals surface area contributed by atoms with Gasteiger partial charge in [-0.2, -0.15) is 0 Å². The smallest absolute Gasteiger partial charge is 0.0637 e. The van der Waals surface area contributed by atoms with Crippen molar-refractivity contribution in [3.63, 3.8) is 0 Å². The number of nitrogens with one attached hydrogen (secondary N) is 1. The van der Waals surface area contributed by atoms with Gasteiger partial charge >= 0.3 is 0 Å². The van der Waals surface area contributed by atoms with Crippen molar-refractivity contribution in [3.8, 4) is 0 Å². The van der Waals surface area contributed by atoms with E-state index in [2.05, 4.69) is 42.3 Å². The number of rotatable bonds is 6. The normalized spacial score (nSPS) is 14.5. The summed E-state index contributed by atoms with van der Waals surface area (Å²) < 4.78 is 5.27. The molecule has 1 N–H and O–H groups in total. The van der Waals surface area contributed by atoms with Crippen LogP contribution in [0.1, 0.15) is 25.0 Å². The van der Waals surface area contributed by atoms with Crippen LogP contribution < -0.4 is 10.2 Å². The van der Waals surface area contributed by atoms with Crippen molar-refractivity contribution in [3.05, 3.63) is 29.3 Å². The first-order valence-corrected chi connectivity index (χ1v) is 7.27. The molecule has 0 spiro atoms. The first-order chi connectivity index (χ1) is 9.22. The number of anilines is 1. The minimum atomic E-state index is 0.662. The van der Waals surface area contributed by atoms with E-state index in [0.29, 0.717) is 5.92 Å². The lowest BCUT2D eigenvalue weighted by molar-refractivity contribution is 0.204. The summed E-state index contributed by atoms with van der Waals surface area (Å²) in [5.41, 5.74) is 4.39. The first kappa shape index (κ1) is 14.4. The minimum absolute atomic E-state index is 0.662. The molecule has 0 unspecified atom stereocenters. The molecule has 0 saturated heterocycles. The average molecular weight is 262 g/mol. The number of nitrogens with zero attached hydrogens (tertiary/aromatic N) is 1. The number of hydrogen-bond donors (Lipinski definition) is 1. The molecule has 0 fully saturated rings. The van der Waals surface area contributed by atoms with E-state index < -0.39 is 0 Å². The van der Waals surface area contributed by atoms with Gasteiger partial charge in [0.25, 0.3) is 0 Å². The Morgan fingerprint density at radius 2 is 2.21 bits per heavy atom. The maximum absolute atomic E-state index is 5.27. The molecular weight excluding hydrogens is 236 g/mol. The number of benzene rings is 1. The third-order valence-electron chi connectivity index (χ3n) is 3.61. The fourth-order valence-corrected chi connectivity index (χ4v) is 2.76. The van der Waals surface area contributed by atoms with Crippen LogP contribution in [0.2, 0.25) is 0 Å². The van der Waals surface area contributed by atoms with Gasteiger partial charge in [0.05, 0.1) is 6.61 Å². The van der Waals surface area contributed by atoms with Gasteiger partial charge in [0, 0.05) is 32.4 Å². The van der Waals surface area contributed by atoms with Crippen LogP contribution in [0.4, 0.5) is 5.69 Å². The Labute approximate surface area is 116 Å². The van der Waals surface area contributed by atoms with Crippen molar-refractivity contribution < 1.29 is 4.74 Å². The maximum Gasteiger partial charge on any atom is 0.0637 e. The van der Waals surface area contributed by atoms with Gasteiger partial charge in [0.2, 0.25) is 0 Å². The zero-order chi connectivity index (χ0) is 13.7. The van der Waals surface area contributed by atoms with Crippen molar-refractivity contribution in [2.75, 3.05) is 38.3 Å². The highest BCUT2D eigenvalue weighted by molar-refractivity contribution is 5.57. The van der Waals surface area contributed by atoms with Gasteiger partial charge in [-0.05, 0) is 36.1 Å². The highest BCUT2D eigenvalue weighted by atomic mass is 16.5. The molecule has 19 heavy (non-hydrogen) atoms. The van der Waals surface area contributed by atoms with Crippen LogP contribution in [0.5, 0.6) is 0 Å². The summed E-state index contributed by atoms with van der Waals surface area (Å²) in [6, 6.07) is 6.69. The molecule has 0 saturated carbocycles. The molecular formula is C16H26N2O. The van der Waals surface area contributed by atoms with Gasteiger partial charge in [0.15, 0.2) is 0 Å². The molecule has 3 heteroatoms. The van der Waals surface area contributed by atoms with Crippen molar-refractivity contribution in [2.24, 2.45) is 5.92 Å². The summed E-state index contributed by atoms with van der Waals surface area (Å²) in [4.78, 5) is 2.48. The molecule has 1 aromatic rings. The van der Waals surface area contributed by atoms with Crippen LogP contribution in [0.15, 0.2) is 18.2 Å². The fraction of sp³-hybridized carbons (Fsp3) is 0.625. The van der Waals surface area contributed by atoms with Crippen molar-refractivity contribution in [1.82, 2.24) is 5.32 Å². The summed E-state index contributed by atoms with van der Waals surface area (Å²) in [7, 11) is 1.78. The van der Waals surface area contributed by atoms with Crippen LogP contribution >= 0.6 is 0 Å². The van der Waals surface area contributed by atoms with E-state index in [9.17, 15) is 0 Å². The summed E-state index contributed by atoms with van der Waals surface area (Å²) in [6.07, 6.45) is 1.13.